The SMILES string of the molecule is C[C@@H](N)C(=O)Nc1ccccc1C(=O)O. The van der Waals surface area contributed by atoms with Crippen LogP contribution >= 0.6 is 0 Å². The first-order valence-electron chi connectivity index (χ1n) is 4.41. The topological polar surface area (TPSA) is 92.4 Å². The molecule has 0 saturated heterocycles. The largest absolute Gasteiger partial charge is 0.478 e. The zero-order valence-electron chi connectivity index (χ0n) is 8.23. The molecule has 0 aliphatic carbocycles. The van der Waals surface area contributed by atoms with Crippen molar-refractivity contribution in [2.75, 3.05) is 5.32 Å². The smallest absolute Gasteiger partial charge is 0.337 e. The van der Waals surface area contributed by atoms with E-state index in [2.05, 4.69) is 5.32 Å². The number of nitrogens with one attached hydrogen (secondary N) is 1. The fraction of sp³-hybridized carbons (Fsp3) is 0.200. The molecule has 0 bridgehead atoms. The summed E-state index contributed by atoms with van der Waals surface area (Å²) in [5, 5.41) is 11.3. The van der Waals surface area contributed by atoms with E-state index in [0.717, 1.165) is 0 Å². The minimum atomic E-state index is -1.09. The van der Waals surface area contributed by atoms with E-state index in [0.29, 0.717) is 0 Å². The highest BCUT2D eigenvalue weighted by Crippen LogP contribution is 2.14. The van der Waals surface area contributed by atoms with Crippen molar-refractivity contribution in [2.24, 2.45) is 5.73 Å². The second-order valence-corrected chi connectivity index (χ2v) is 3.13. The van der Waals surface area contributed by atoms with Crippen molar-refractivity contribution < 1.29 is 14.7 Å². The van der Waals surface area contributed by atoms with Crippen LogP contribution in [0.1, 0.15) is 17.3 Å². The van der Waals surface area contributed by atoms with Crippen molar-refractivity contribution in [1.82, 2.24) is 0 Å². The maximum atomic E-state index is 11.3. The Morgan fingerprint density at radius 3 is 2.53 bits per heavy atom. The fourth-order valence-electron chi connectivity index (χ4n) is 1.03. The van der Waals surface area contributed by atoms with Gasteiger partial charge in [-0.2, -0.15) is 0 Å². The van der Waals surface area contributed by atoms with Gasteiger partial charge in [-0.1, -0.05) is 12.1 Å². The standard InChI is InChI=1S/C10H12N2O3/c1-6(11)9(13)12-8-5-3-2-4-7(8)10(14)15/h2-6H,11H2,1H3,(H,12,13)(H,14,15)/t6-/m1/s1. The third kappa shape index (κ3) is 2.78. The Bertz CT molecular complexity index is 388. The zero-order chi connectivity index (χ0) is 11.4. The Balaban J connectivity index is 2.94. The van der Waals surface area contributed by atoms with Gasteiger partial charge in [0.15, 0.2) is 0 Å². The van der Waals surface area contributed by atoms with Crippen LogP contribution in [0, 0.1) is 0 Å². The number of aromatic carboxylic acids is 1. The average molecular weight is 208 g/mol. The molecule has 0 radical (unpaired) electrons. The molecule has 5 nitrogen and oxygen atoms in total. The highest BCUT2D eigenvalue weighted by molar-refractivity contribution is 6.01. The van der Waals surface area contributed by atoms with Crippen molar-refractivity contribution in [2.45, 2.75) is 13.0 Å². The summed E-state index contributed by atoms with van der Waals surface area (Å²) in [6, 6.07) is 5.49. The molecule has 1 rings (SSSR count). The molecule has 4 N–H and O–H groups in total. The molecule has 80 valence electrons. The van der Waals surface area contributed by atoms with Gasteiger partial charge in [-0.05, 0) is 19.1 Å². The molecule has 1 amide bonds. The first-order chi connectivity index (χ1) is 7.02. The highest BCUT2D eigenvalue weighted by Gasteiger charge is 2.13. The van der Waals surface area contributed by atoms with E-state index in [9.17, 15) is 9.59 Å². The number of hydrogen-bond donors (Lipinski definition) is 3. The van der Waals surface area contributed by atoms with E-state index in [1.54, 1.807) is 12.1 Å². The number of rotatable bonds is 3. The molecule has 0 heterocycles. The van der Waals surface area contributed by atoms with Gasteiger partial charge in [0.1, 0.15) is 0 Å². The van der Waals surface area contributed by atoms with Gasteiger partial charge in [0.25, 0.3) is 0 Å². The Labute approximate surface area is 86.9 Å². The number of anilines is 1. The summed E-state index contributed by atoms with van der Waals surface area (Å²) in [5.41, 5.74) is 5.65. The Hall–Kier alpha value is -1.88. The summed E-state index contributed by atoms with van der Waals surface area (Å²) in [6.07, 6.45) is 0. The van der Waals surface area contributed by atoms with Gasteiger partial charge in [0.2, 0.25) is 5.91 Å². The normalized spacial score (nSPS) is 11.9. The molecule has 1 atom stereocenters. The minimum absolute atomic E-state index is 0.0477. The van der Waals surface area contributed by atoms with Gasteiger partial charge < -0.3 is 16.2 Å². The third-order valence-corrected chi connectivity index (χ3v) is 1.83. The van der Waals surface area contributed by atoms with Crippen molar-refractivity contribution in [3.8, 4) is 0 Å². The number of benzene rings is 1. The lowest BCUT2D eigenvalue weighted by Crippen LogP contribution is -2.32. The molecule has 5 heteroatoms. The molecule has 0 aliphatic rings. The van der Waals surface area contributed by atoms with Gasteiger partial charge in [-0.15, -0.1) is 0 Å². The second-order valence-electron chi connectivity index (χ2n) is 3.13. The number of carboxylic acids is 1. The number of para-hydroxylation sites is 1. The predicted molar refractivity (Wildman–Crippen MR) is 55.7 cm³/mol. The number of amides is 1. The molecular formula is C10H12N2O3. The second kappa shape index (κ2) is 4.56. The van der Waals surface area contributed by atoms with Crippen molar-refractivity contribution >= 4 is 17.6 Å². The van der Waals surface area contributed by atoms with Crippen molar-refractivity contribution in [1.29, 1.82) is 0 Å². The lowest BCUT2D eigenvalue weighted by Gasteiger charge is -2.09. The summed E-state index contributed by atoms with van der Waals surface area (Å²) in [6.45, 7) is 1.53. The number of carbonyl (C=O) groups excluding carboxylic acids is 1. The van der Waals surface area contributed by atoms with Crippen LogP contribution in [0.4, 0.5) is 5.69 Å². The first kappa shape index (κ1) is 11.2. The van der Waals surface area contributed by atoms with Gasteiger partial charge in [0.05, 0.1) is 17.3 Å². The Morgan fingerprint density at radius 1 is 1.40 bits per heavy atom. The molecule has 0 unspecified atom stereocenters. The summed E-state index contributed by atoms with van der Waals surface area (Å²) in [5.74, 6) is -1.50. The van der Waals surface area contributed by atoms with Crippen LogP contribution in [0.3, 0.4) is 0 Å². The van der Waals surface area contributed by atoms with E-state index in [1.165, 1.54) is 19.1 Å². The molecule has 0 aliphatic heterocycles. The van der Waals surface area contributed by atoms with Gasteiger partial charge in [-0.25, -0.2) is 4.79 Å². The number of hydrogen-bond acceptors (Lipinski definition) is 3. The van der Waals surface area contributed by atoms with Crippen LogP contribution in [0.5, 0.6) is 0 Å². The third-order valence-electron chi connectivity index (χ3n) is 1.83. The summed E-state index contributed by atoms with van der Waals surface area (Å²) >= 11 is 0. The maximum absolute atomic E-state index is 11.3. The van der Waals surface area contributed by atoms with Gasteiger partial charge >= 0.3 is 5.97 Å². The molecule has 0 saturated carbocycles. The summed E-state index contributed by atoms with van der Waals surface area (Å²) in [7, 11) is 0. The van der Waals surface area contributed by atoms with Crippen LogP contribution in [0.15, 0.2) is 24.3 Å². The molecule has 0 fully saturated rings. The first-order valence-corrected chi connectivity index (χ1v) is 4.41. The minimum Gasteiger partial charge on any atom is -0.478 e. The van der Waals surface area contributed by atoms with E-state index >= 15 is 0 Å². The summed E-state index contributed by atoms with van der Waals surface area (Å²) < 4.78 is 0. The van der Waals surface area contributed by atoms with Crippen LogP contribution in [-0.2, 0) is 4.79 Å². The zero-order valence-corrected chi connectivity index (χ0v) is 8.23. The lowest BCUT2D eigenvalue weighted by atomic mass is 10.1. The van der Waals surface area contributed by atoms with E-state index in [4.69, 9.17) is 10.8 Å². The van der Waals surface area contributed by atoms with Crippen LogP contribution in [0.25, 0.3) is 0 Å². The van der Waals surface area contributed by atoms with Crippen LogP contribution in [-0.4, -0.2) is 23.0 Å². The van der Waals surface area contributed by atoms with Gasteiger partial charge in [0, 0.05) is 0 Å². The van der Waals surface area contributed by atoms with Crippen LogP contribution in [0.2, 0.25) is 0 Å². The van der Waals surface area contributed by atoms with E-state index < -0.39 is 17.9 Å². The molecule has 15 heavy (non-hydrogen) atoms. The van der Waals surface area contributed by atoms with Crippen LogP contribution < -0.4 is 11.1 Å². The number of nitrogens with two attached hydrogens (primary N) is 1. The fourth-order valence-corrected chi connectivity index (χ4v) is 1.03. The average Bonchev–Trinajstić information content (AvgIpc) is 2.18. The number of carboxylic acid groups (broad SMARTS) is 1. The Kier molecular flexibility index (Phi) is 3.41. The quantitative estimate of drug-likeness (QED) is 0.680. The lowest BCUT2D eigenvalue weighted by molar-refractivity contribution is -0.117. The maximum Gasteiger partial charge on any atom is 0.337 e. The molecular weight excluding hydrogens is 196 g/mol. The highest BCUT2D eigenvalue weighted by atomic mass is 16.4. The Morgan fingerprint density at radius 2 is 2.00 bits per heavy atom. The van der Waals surface area contributed by atoms with Crippen molar-refractivity contribution in [3.05, 3.63) is 29.8 Å². The molecule has 0 spiro atoms. The summed E-state index contributed by atoms with van der Waals surface area (Å²) in [4.78, 5) is 22.0. The monoisotopic (exact) mass is 208 g/mol. The van der Waals surface area contributed by atoms with E-state index in [-0.39, 0.29) is 11.3 Å². The molecule has 0 aromatic heterocycles. The van der Waals surface area contributed by atoms with E-state index in [1.807, 2.05) is 0 Å². The van der Waals surface area contributed by atoms with Crippen molar-refractivity contribution in [3.63, 3.8) is 0 Å². The molecule has 1 aromatic carbocycles. The molecule has 1 aromatic rings. The van der Waals surface area contributed by atoms with Gasteiger partial charge in [-0.3, -0.25) is 4.79 Å². The number of carbonyl (C=O) groups is 2. The predicted octanol–water partition coefficient (Wildman–Crippen LogP) is 0.670.